The Bertz CT molecular complexity index is 367. The summed E-state index contributed by atoms with van der Waals surface area (Å²) in [4.78, 5) is 9.68. The minimum atomic E-state index is -0.603. The van der Waals surface area contributed by atoms with E-state index in [4.69, 9.17) is 10.3 Å². The molecule has 1 rings (SSSR count). The van der Waals surface area contributed by atoms with Crippen molar-refractivity contribution >= 4 is 11.9 Å². The monoisotopic (exact) mass is 289 g/mol. The number of nitro benzene ring substituents is 1. The molecule has 0 aliphatic carbocycles. The Hall–Kier alpha value is -1.37. The van der Waals surface area contributed by atoms with Crippen molar-refractivity contribution in [2.24, 2.45) is 5.16 Å². The fourth-order valence-electron chi connectivity index (χ4n) is 0.821. The Labute approximate surface area is 94.5 Å². The largest absolute Gasteiger partial charge is 1.00 e. The molecule has 0 fully saturated rings. The summed E-state index contributed by atoms with van der Waals surface area (Å²) in [5, 5.41) is 30.2. The Morgan fingerprint density at radius 2 is 2.14 bits per heavy atom. The molecule has 0 saturated heterocycles. The van der Waals surface area contributed by atoms with Crippen molar-refractivity contribution in [2.75, 3.05) is 0 Å². The Morgan fingerprint density at radius 1 is 1.50 bits per heavy atom. The van der Waals surface area contributed by atoms with Crippen LogP contribution in [-0.2, 0) is 22.4 Å². The molecule has 14 heavy (non-hydrogen) atoms. The molecule has 0 atom stereocenters. The molecule has 6 nitrogen and oxygen atoms in total. The zero-order valence-electron chi connectivity index (χ0n) is 6.72. The van der Waals surface area contributed by atoms with Gasteiger partial charge in [0.2, 0.25) is 0 Å². The molecular formula is C7H6AgN2O4+. The number of phenolic OH excluding ortho intramolecular Hbond substituents is 1. The number of nitro groups is 1. The van der Waals surface area contributed by atoms with E-state index in [9.17, 15) is 10.1 Å². The van der Waals surface area contributed by atoms with Crippen LogP contribution in [0.25, 0.3) is 0 Å². The number of benzene rings is 1. The number of nitrogens with zero attached hydrogens (tertiary/aromatic N) is 2. The SMILES string of the molecule is O=[N+]([O-])c1ccc(O)c(/C=N\O)c1.[Ag+]. The van der Waals surface area contributed by atoms with Crippen LogP contribution in [0.3, 0.4) is 0 Å². The molecule has 1 aromatic rings. The van der Waals surface area contributed by atoms with Crippen molar-refractivity contribution in [3.8, 4) is 5.75 Å². The molecular weight excluding hydrogens is 284 g/mol. The van der Waals surface area contributed by atoms with Crippen LogP contribution in [-0.4, -0.2) is 21.5 Å². The number of hydrogen-bond donors (Lipinski definition) is 2. The van der Waals surface area contributed by atoms with E-state index in [-0.39, 0.29) is 39.4 Å². The number of hydrogen-bond acceptors (Lipinski definition) is 5. The molecule has 0 aliphatic heterocycles. The van der Waals surface area contributed by atoms with Crippen molar-refractivity contribution in [3.05, 3.63) is 33.9 Å². The average molecular weight is 290 g/mol. The summed E-state index contributed by atoms with van der Waals surface area (Å²) in [5.74, 6) is -0.177. The summed E-state index contributed by atoms with van der Waals surface area (Å²) < 4.78 is 0. The van der Waals surface area contributed by atoms with Gasteiger partial charge in [0.1, 0.15) is 5.75 Å². The molecule has 0 unspecified atom stereocenters. The number of rotatable bonds is 2. The first-order chi connectivity index (χ1) is 6.15. The molecule has 0 saturated carbocycles. The zero-order valence-corrected chi connectivity index (χ0v) is 8.20. The second-order valence-electron chi connectivity index (χ2n) is 2.24. The Kier molecular flexibility index (Phi) is 4.85. The molecule has 0 heterocycles. The van der Waals surface area contributed by atoms with E-state index in [0.29, 0.717) is 0 Å². The van der Waals surface area contributed by atoms with Gasteiger partial charge in [0, 0.05) is 17.7 Å². The molecule has 0 spiro atoms. The number of non-ortho nitro benzene ring substituents is 1. The number of oxime groups is 1. The second kappa shape index (κ2) is 5.38. The maximum absolute atomic E-state index is 10.3. The summed E-state index contributed by atoms with van der Waals surface area (Å²) in [6.07, 6.45) is 0.919. The molecule has 0 radical (unpaired) electrons. The van der Waals surface area contributed by atoms with E-state index in [1.807, 2.05) is 0 Å². The molecule has 0 aliphatic rings. The van der Waals surface area contributed by atoms with Crippen LogP contribution in [0.1, 0.15) is 5.56 Å². The van der Waals surface area contributed by atoms with Crippen LogP contribution >= 0.6 is 0 Å². The van der Waals surface area contributed by atoms with Gasteiger partial charge in [0.25, 0.3) is 5.69 Å². The van der Waals surface area contributed by atoms with Gasteiger partial charge in [-0.15, -0.1) is 0 Å². The molecule has 7 heteroatoms. The summed E-state index contributed by atoms with van der Waals surface area (Å²) >= 11 is 0. The number of aromatic hydroxyl groups is 1. The third-order valence-corrected chi connectivity index (χ3v) is 1.42. The zero-order chi connectivity index (χ0) is 9.84. The third-order valence-electron chi connectivity index (χ3n) is 1.42. The van der Waals surface area contributed by atoms with Gasteiger partial charge in [-0.05, 0) is 6.07 Å². The topological polar surface area (TPSA) is 96.0 Å². The second-order valence-corrected chi connectivity index (χ2v) is 2.24. The van der Waals surface area contributed by atoms with Gasteiger partial charge in [-0.1, -0.05) is 5.16 Å². The minimum Gasteiger partial charge on any atom is -0.507 e. The van der Waals surface area contributed by atoms with Crippen molar-refractivity contribution in [3.63, 3.8) is 0 Å². The van der Waals surface area contributed by atoms with E-state index in [1.54, 1.807) is 0 Å². The van der Waals surface area contributed by atoms with Gasteiger partial charge in [-0.2, -0.15) is 0 Å². The molecule has 78 valence electrons. The van der Waals surface area contributed by atoms with E-state index in [2.05, 4.69) is 5.16 Å². The fraction of sp³-hybridized carbons (Fsp3) is 0. The van der Waals surface area contributed by atoms with Crippen LogP contribution in [0.15, 0.2) is 23.4 Å². The van der Waals surface area contributed by atoms with Gasteiger partial charge in [0.05, 0.1) is 11.1 Å². The van der Waals surface area contributed by atoms with Gasteiger partial charge < -0.3 is 10.3 Å². The molecule has 0 bridgehead atoms. The maximum atomic E-state index is 10.3. The summed E-state index contributed by atoms with van der Waals surface area (Å²) in [5.41, 5.74) is -0.0793. The van der Waals surface area contributed by atoms with Crippen LogP contribution in [0, 0.1) is 10.1 Å². The van der Waals surface area contributed by atoms with E-state index >= 15 is 0 Å². The van der Waals surface area contributed by atoms with Gasteiger partial charge >= 0.3 is 22.4 Å². The van der Waals surface area contributed by atoms with E-state index in [0.717, 1.165) is 24.4 Å². The molecule has 1 aromatic carbocycles. The quantitative estimate of drug-likeness (QED) is 0.280. The average Bonchev–Trinajstić information content (AvgIpc) is 2.08. The molecule has 2 N–H and O–H groups in total. The Morgan fingerprint density at radius 3 is 2.64 bits per heavy atom. The third kappa shape index (κ3) is 2.84. The fourth-order valence-corrected chi connectivity index (χ4v) is 0.821. The van der Waals surface area contributed by atoms with Gasteiger partial charge in [0.15, 0.2) is 0 Å². The van der Waals surface area contributed by atoms with Crippen LogP contribution in [0.2, 0.25) is 0 Å². The first-order valence-corrected chi connectivity index (χ1v) is 3.30. The first-order valence-electron chi connectivity index (χ1n) is 3.30. The Balaban J connectivity index is 0.00000169. The van der Waals surface area contributed by atoms with Gasteiger partial charge in [-0.25, -0.2) is 0 Å². The maximum Gasteiger partial charge on any atom is 1.00 e. The smallest absolute Gasteiger partial charge is 0.507 e. The van der Waals surface area contributed by atoms with Crippen LogP contribution < -0.4 is 0 Å². The van der Waals surface area contributed by atoms with E-state index in [1.165, 1.54) is 0 Å². The van der Waals surface area contributed by atoms with Crippen molar-refractivity contribution in [1.82, 2.24) is 0 Å². The first kappa shape index (κ1) is 12.6. The predicted molar refractivity (Wildman–Crippen MR) is 44.1 cm³/mol. The minimum absolute atomic E-state index is 0. The summed E-state index contributed by atoms with van der Waals surface area (Å²) in [6.45, 7) is 0. The standard InChI is InChI=1S/C7H6N2O4.Ag/c10-7-2-1-6(9(12)13)3-5(7)4-8-11;/h1-4,10-11H;/q;+1/b8-4-;. The summed E-state index contributed by atoms with van der Waals surface area (Å²) in [6, 6.07) is 3.42. The van der Waals surface area contributed by atoms with Crippen molar-refractivity contribution in [2.45, 2.75) is 0 Å². The van der Waals surface area contributed by atoms with Crippen molar-refractivity contribution < 1.29 is 37.6 Å². The summed E-state index contributed by atoms with van der Waals surface area (Å²) in [7, 11) is 0. The molecule has 0 aromatic heterocycles. The normalized spacial score (nSPS) is 9.71. The predicted octanol–water partition coefficient (Wildman–Crippen LogP) is 1.11. The van der Waals surface area contributed by atoms with E-state index < -0.39 is 4.92 Å². The molecule has 0 amide bonds. The van der Waals surface area contributed by atoms with Crippen LogP contribution in [0.5, 0.6) is 5.75 Å². The van der Waals surface area contributed by atoms with Crippen molar-refractivity contribution in [1.29, 1.82) is 0 Å². The number of phenols is 1. The van der Waals surface area contributed by atoms with Gasteiger partial charge in [-0.3, -0.25) is 10.1 Å². The van der Waals surface area contributed by atoms with Crippen LogP contribution in [0.4, 0.5) is 5.69 Å².